The number of carbonyl (C=O) groups is 1. The molecule has 1 amide bonds. The smallest absolute Gasteiger partial charge is 0.303 e. The van der Waals surface area contributed by atoms with E-state index >= 15 is 0 Å². The van der Waals surface area contributed by atoms with E-state index in [-0.39, 0.29) is 24.1 Å². The summed E-state index contributed by atoms with van der Waals surface area (Å²) in [6.45, 7) is 3.75. The number of amides is 1. The molecule has 0 saturated carbocycles. The average molecular weight is 444 g/mol. The highest BCUT2D eigenvalue weighted by atomic mass is 19.3. The number of carbonyl (C=O) groups excluding carboxylic acids is 1. The molecule has 0 saturated heterocycles. The van der Waals surface area contributed by atoms with Gasteiger partial charge in [0.1, 0.15) is 18.2 Å². The lowest BCUT2D eigenvalue weighted by Gasteiger charge is -2.16. The maximum absolute atomic E-state index is 13.8. The summed E-state index contributed by atoms with van der Waals surface area (Å²) < 4.78 is 38.5. The highest BCUT2D eigenvalue weighted by molar-refractivity contribution is 5.88. The maximum atomic E-state index is 13.8. The van der Waals surface area contributed by atoms with Crippen molar-refractivity contribution in [3.8, 4) is 11.6 Å². The van der Waals surface area contributed by atoms with Crippen molar-refractivity contribution in [2.24, 2.45) is 0 Å². The van der Waals surface area contributed by atoms with Crippen LogP contribution in [0.3, 0.4) is 0 Å². The molecule has 168 valence electrons. The van der Waals surface area contributed by atoms with Crippen LogP contribution >= 0.6 is 0 Å². The Morgan fingerprint density at radius 1 is 1.16 bits per heavy atom. The normalized spacial score (nSPS) is 11.1. The highest BCUT2D eigenvalue weighted by Gasteiger charge is 2.29. The van der Waals surface area contributed by atoms with Gasteiger partial charge in [-0.3, -0.25) is 4.79 Å². The van der Waals surface area contributed by atoms with Crippen LogP contribution in [0.4, 0.5) is 26.1 Å². The minimum Gasteiger partial charge on any atom is -0.483 e. The number of alkyl halides is 2. The summed E-state index contributed by atoms with van der Waals surface area (Å²) >= 11 is 0. The topological polar surface area (TPSA) is 111 Å². The number of hydrogen-bond donors (Lipinski definition) is 2. The van der Waals surface area contributed by atoms with E-state index in [1.807, 2.05) is 0 Å². The number of aryl methyl sites for hydroxylation is 1. The van der Waals surface area contributed by atoms with Gasteiger partial charge in [-0.05, 0) is 13.0 Å². The molecule has 3 aromatic heterocycles. The summed E-state index contributed by atoms with van der Waals surface area (Å²) in [7, 11) is 1.51. The van der Waals surface area contributed by atoms with Gasteiger partial charge in [-0.1, -0.05) is 6.07 Å². The van der Waals surface area contributed by atoms with E-state index in [9.17, 15) is 13.6 Å². The van der Waals surface area contributed by atoms with Crippen molar-refractivity contribution in [2.75, 3.05) is 17.7 Å². The lowest BCUT2D eigenvalue weighted by Crippen LogP contribution is -2.14. The maximum Gasteiger partial charge on any atom is 0.303 e. The van der Waals surface area contributed by atoms with Crippen molar-refractivity contribution in [2.45, 2.75) is 33.3 Å². The first-order valence-corrected chi connectivity index (χ1v) is 9.55. The second-order valence-corrected chi connectivity index (χ2v) is 6.94. The molecule has 0 atom stereocenters. The van der Waals surface area contributed by atoms with Crippen molar-refractivity contribution in [3.63, 3.8) is 0 Å². The Morgan fingerprint density at radius 2 is 1.94 bits per heavy atom. The molecule has 0 aliphatic carbocycles. The Morgan fingerprint density at radius 3 is 2.62 bits per heavy atom. The van der Waals surface area contributed by atoms with Gasteiger partial charge in [-0.15, -0.1) is 0 Å². The fourth-order valence-electron chi connectivity index (χ4n) is 2.67. The van der Waals surface area contributed by atoms with E-state index in [0.29, 0.717) is 28.7 Å². The lowest BCUT2D eigenvalue weighted by atomic mass is 10.3. The fraction of sp³-hybridized carbons (Fsp3) is 0.286. The standard InChI is InChI=1S/C21H22F2N6O3/c1-12-8-18(29-20(25-12)21(3,22)23)28-15-9-17(26-13(2)30)24-10-16(15)32-11-14-6-5-7-19(27-14)31-4/h5-10H,11H2,1-4H3,(H2,24,25,26,28,29,30). The third-order valence-corrected chi connectivity index (χ3v) is 4.05. The van der Waals surface area contributed by atoms with Crippen molar-refractivity contribution in [1.82, 2.24) is 19.9 Å². The first kappa shape index (κ1) is 22.8. The third-order valence-electron chi connectivity index (χ3n) is 4.05. The van der Waals surface area contributed by atoms with Crippen LogP contribution in [-0.2, 0) is 17.3 Å². The van der Waals surface area contributed by atoms with Crippen LogP contribution in [-0.4, -0.2) is 33.0 Å². The SMILES string of the molecule is COc1cccc(COc2cnc(NC(C)=O)cc2Nc2cc(C)nc(C(C)(F)F)n2)n1. The molecule has 0 aromatic carbocycles. The molecule has 9 nitrogen and oxygen atoms in total. The van der Waals surface area contributed by atoms with Crippen LogP contribution in [0.25, 0.3) is 0 Å². The number of aromatic nitrogens is 4. The average Bonchev–Trinajstić information content (AvgIpc) is 2.72. The zero-order chi connectivity index (χ0) is 23.3. The van der Waals surface area contributed by atoms with Gasteiger partial charge >= 0.3 is 5.92 Å². The van der Waals surface area contributed by atoms with Gasteiger partial charge in [-0.25, -0.2) is 19.9 Å². The van der Waals surface area contributed by atoms with Crippen LogP contribution in [0.15, 0.2) is 36.5 Å². The number of methoxy groups -OCH3 is 1. The molecule has 0 aliphatic heterocycles. The summed E-state index contributed by atoms with van der Waals surface area (Å²) in [5, 5.41) is 5.52. The molecule has 2 N–H and O–H groups in total. The molecular weight excluding hydrogens is 422 g/mol. The van der Waals surface area contributed by atoms with Crippen LogP contribution in [0.1, 0.15) is 31.1 Å². The molecule has 0 fully saturated rings. The Labute approximate surface area is 183 Å². The monoisotopic (exact) mass is 444 g/mol. The number of nitrogens with one attached hydrogen (secondary N) is 2. The molecule has 3 heterocycles. The molecule has 0 aliphatic rings. The first-order chi connectivity index (χ1) is 15.1. The number of pyridine rings is 2. The van der Waals surface area contributed by atoms with Crippen LogP contribution in [0, 0.1) is 6.92 Å². The third kappa shape index (κ3) is 6.06. The van der Waals surface area contributed by atoms with Gasteiger partial charge in [0, 0.05) is 37.7 Å². The number of nitrogens with zero attached hydrogens (tertiary/aromatic N) is 4. The largest absolute Gasteiger partial charge is 0.483 e. The molecule has 3 rings (SSSR count). The summed E-state index contributed by atoms with van der Waals surface area (Å²) in [5.41, 5.74) is 1.32. The zero-order valence-electron chi connectivity index (χ0n) is 17.9. The predicted molar refractivity (Wildman–Crippen MR) is 113 cm³/mol. The molecule has 3 aromatic rings. The Bertz CT molecular complexity index is 1120. The number of rotatable bonds is 8. The summed E-state index contributed by atoms with van der Waals surface area (Å²) in [4.78, 5) is 27.5. The minimum absolute atomic E-state index is 0.0914. The van der Waals surface area contributed by atoms with Gasteiger partial charge in [0.15, 0.2) is 5.75 Å². The number of anilines is 3. The van der Waals surface area contributed by atoms with Crippen molar-refractivity contribution < 1.29 is 23.0 Å². The van der Waals surface area contributed by atoms with E-state index < -0.39 is 11.7 Å². The van der Waals surface area contributed by atoms with E-state index in [1.54, 1.807) is 25.1 Å². The molecule has 0 bridgehead atoms. The second-order valence-electron chi connectivity index (χ2n) is 6.94. The zero-order valence-corrected chi connectivity index (χ0v) is 17.9. The van der Waals surface area contributed by atoms with Crippen LogP contribution < -0.4 is 20.1 Å². The Hall–Kier alpha value is -3.89. The van der Waals surface area contributed by atoms with Gasteiger partial charge < -0.3 is 20.1 Å². The number of hydrogen-bond acceptors (Lipinski definition) is 8. The van der Waals surface area contributed by atoms with Gasteiger partial charge in [0.25, 0.3) is 0 Å². The van der Waals surface area contributed by atoms with E-state index in [1.165, 1.54) is 32.4 Å². The second kappa shape index (κ2) is 9.50. The molecule has 0 unspecified atom stereocenters. The van der Waals surface area contributed by atoms with Gasteiger partial charge in [0.2, 0.25) is 17.6 Å². The molecule has 0 spiro atoms. The molecule has 32 heavy (non-hydrogen) atoms. The van der Waals surface area contributed by atoms with E-state index in [4.69, 9.17) is 9.47 Å². The van der Waals surface area contributed by atoms with Gasteiger partial charge in [0.05, 0.1) is 24.7 Å². The highest BCUT2D eigenvalue weighted by Crippen LogP contribution is 2.31. The minimum atomic E-state index is -3.21. The van der Waals surface area contributed by atoms with E-state index in [2.05, 4.69) is 30.6 Å². The van der Waals surface area contributed by atoms with Crippen molar-refractivity contribution >= 4 is 23.2 Å². The fourth-order valence-corrected chi connectivity index (χ4v) is 2.67. The van der Waals surface area contributed by atoms with Crippen LogP contribution in [0.5, 0.6) is 11.6 Å². The quantitative estimate of drug-likeness (QED) is 0.537. The lowest BCUT2D eigenvalue weighted by molar-refractivity contribution is -0.114. The van der Waals surface area contributed by atoms with Crippen LogP contribution in [0.2, 0.25) is 0 Å². The summed E-state index contributed by atoms with van der Waals surface area (Å²) in [6, 6.07) is 8.27. The van der Waals surface area contributed by atoms with E-state index in [0.717, 1.165) is 6.92 Å². The van der Waals surface area contributed by atoms with Gasteiger partial charge in [-0.2, -0.15) is 8.78 Å². The number of halogens is 2. The summed E-state index contributed by atoms with van der Waals surface area (Å²) in [5.74, 6) is -3.02. The molecule has 0 radical (unpaired) electrons. The summed E-state index contributed by atoms with van der Waals surface area (Å²) in [6.07, 6.45) is 1.40. The number of ether oxygens (including phenoxy) is 2. The first-order valence-electron chi connectivity index (χ1n) is 9.55. The Balaban J connectivity index is 1.91. The van der Waals surface area contributed by atoms with Crippen molar-refractivity contribution in [1.29, 1.82) is 0 Å². The molecule has 11 heteroatoms. The Kier molecular flexibility index (Phi) is 6.76. The molecular formula is C21H22F2N6O3. The predicted octanol–water partition coefficient (Wildman–Crippen LogP) is 3.98. The van der Waals surface area contributed by atoms with Crippen molar-refractivity contribution in [3.05, 3.63) is 53.7 Å².